The molecule has 2 aliphatic rings. The quantitative estimate of drug-likeness (QED) is 0.898. The predicted octanol–water partition coefficient (Wildman–Crippen LogP) is 3.06. The van der Waals surface area contributed by atoms with Crippen molar-refractivity contribution in [3.63, 3.8) is 0 Å². The van der Waals surface area contributed by atoms with E-state index in [1.165, 1.54) is 44.3 Å². The zero-order valence-electron chi connectivity index (χ0n) is 11.9. The molecule has 19 heavy (non-hydrogen) atoms. The molecule has 1 aromatic carbocycles. The molecule has 1 aliphatic carbocycles. The molecule has 1 aliphatic heterocycles. The average molecular weight is 259 g/mol. The molecular formula is C17H25NO. The van der Waals surface area contributed by atoms with Crippen molar-refractivity contribution < 1.29 is 5.11 Å². The second-order valence-electron chi connectivity index (χ2n) is 6.47. The maximum absolute atomic E-state index is 10.1. The second kappa shape index (κ2) is 5.26. The number of rotatable bonds is 4. The lowest BCUT2D eigenvalue weighted by Crippen LogP contribution is -2.41. The Labute approximate surface area is 116 Å². The summed E-state index contributed by atoms with van der Waals surface area (Å²) in [6.07, 6.45) is 4.92. The summed E-state index contributed by atoms with van der Waals surface area (Å²) >= 11 is 0. The topological polar surface area (TPSA) is 23.5 Å². The van der Waals surface area contributed by atoms with Crippen LogP contribution in [-0.4, -0.2) is 29.2 Å². The van der Waals surface area contributed by atoms with Crippen LogP contribution >= 0.6 is 0 Å². The number of aliphatic hydroxyl groups is 1. The Hall–Kier alpha value is -0.860. The van der Waals surface area contributed by atoms with E-state index in [1.807, 2.05) is 6.92 Å². The van der Waals surface area contributed by atoms with Crippen LogP contribution in [0.2, 0.25) is 0 Å². The molecule has 2 nitrogen and oxygen atoms in total. The van der Waals surface area contributed by atoms with E-state index in [9.17, 15) is 5.11 Å². The summed E-state index contributed by atoms with van der Waals surface area (Å²) in [6.45, 7) is 5.43. The fourth-order valence-corrected chi connectivity index (χ4v) is 3.82. The maximum Gasteiger partial charge on any atom is 0.0571 e. The third-order valence-corrected chi connectivity index (χ3v) is 5.23. The normalized spacial score (nSPS) is 28.0. The number of aliphatic hydroxyl groups excluding tert-OH is 1. The second-order valence-corrected chi connectivity index (χ2v) is 6.47. The van der Waals surface area contributed by atoms with Crippen molar-refractivity contribution >= 4 is 0 Å². The van der Waals surface area contributed by atoms with Gasteiger partial charge in [-0.25, -0.2) is 0 Å². The zero-order chi connectivity index (χ0) is 13.3. The lowest BCUT2D eigenvalue weighted by molar-refractivity contribution is 0.0291. The van der Waals surface area contributed by atoms with Crippen LogP contribution in [0.25, 0.3) is 0 Å². The fraction of sp³-hybridized carbons (Fsp3) is 0.647. The molecule has 104 valence electrons. The van der Waals surface area contributed by atoms with Crippen molar-refractivity contribution in [2.45, 2.75) is 45.3 Å². The van der Waals surface area contributed by atoms with Gasteiger partial charge in [0.25, 0.3) is 0 Å². The molecule has 3 rings (SSSR count). The highest BCUT2D eigenvalue weighted by molar-refractivity contribution is 5.14. The summed E-state index contributed by atoms with van der Waals surface area (Å²) in [5, 5.41) is 10.1. The van der Waals surface area contributed by atoms with Crippen molar-refractivity contribution in [2.75, 3.05) is 13.1 Å². The molecule has 0 aromatic heterocycles. The minimum absolute atomic E-state index is 0.130. The van der Waals surface area contributed by atoms with Crippen molar-refractivity contribution in [1.82, 2.24) is 4.90 Å². The van der Waals surface area contributed by atoms with Crippen LogP contribution in [0.15, 0.2) is 30.3 Å². The van der Waals surface area contributed by atoms with E-state index < -0.39 is 0 Å². The van der Waals surface area contributed by atoms with Gasteiger partial charge in [-0.15, -0.1) is 0 Å². The summed E-state index contributed by atoms with van der Waals surface area (Å²) < 4.78 is 0. The number of likely N-dealkylation sites (tertiary alicyclic amines) is 1. The molecule has 1 aromatic rings. The number of hydrogen-bond donors (Lipinski definition) is 1. The Kier molecular flexibility index (Phi) is 3.64. The molecule has 2 fully saturated rings. The molecule has 0 spiro atoms. The molecule has 1 heterocycles. The van der Waals surface area contributed by atoms with Crippen LogP contribution in [0.4, 0.5) is 0 Å². The molecular weight excluding hydrogens is 234 g/mol. The van der Waals surface area contributed by atoms with Crippen LogP contribution < -0.4 is 0 Å². The highest BCUT2D eigenvalue weighted by Gasteiger charge is 2.53. The number of hydrogen-bond acceptors (Lipinski definition) is 2. The summed E-state index contributed by atoms with van der Waals surface area (Å²) in [5.74, 6) is 0.699. The lowest BCUT2D eigenvalue weighted by atomic mass is 9.79. The van der Waals surface area contributed by atoms with E-state index >= 15 is 0 Å². The van der Waals surface area contributed by atoms with E-state index in [0.717, 1.165) is 6.54 Å². The molecule has 2 heteroatoms. The van der Waals surface area contributed by atoms with Crippen molar-refractivity contribution in [3.8, 4) is 0 Å². The maximum atomic E-state index is 10.1. The summed E-state index contributed by atoms with van der Waals surface area (Å²) in [5.41, 5.74) is 1.67. The first-order valence-electron chi connectivity index (χ1n) is 7.65. The first-order chi connectivity index (χ1) is 9.21. The largest absolute Gasteiger partial charge is 0.393 e. The minimum Gasteiger partial charge on any atom is -0.393 e. The Morgan fingerprint density at radius 3 is 2.68 bits per heavy atom. The van der Waals surface area contributed by atoms with Crippen molar-refractivity contribution in [3.05, 3.63) is 35.9 Å². The molecule has 0 amide bonds. The van der Waals surface area contributed by atoms with Crippen LogP contribution in [-0.2, 0) is 6.54 Å². The van der Waals surface area contributed by atoms with Gasteiger partial charge in [0.05, 0.1) is 6.10 Å². The molecule has 0 radical (unpaired) electrons. The highest BCUT2D eigenvalue weighted by Crippen LogP contribution is 2.57. The number of piperidine rings is 1. The van der Waals surface area contributed by atoms with Crippen molar-refractivity contribution in [1.29, 1.82) is 0 Å². The van der Waals surface area contributed by atoms with Gasteiger partial charge in [0.1, 0.15) is 0 Å². The summed E-state index contributed by atoms with van der Waals surface area (Å²) in [4.78, 5) is 2.58. The van der Waals surface area contributed by atoms with Crippen LogP contribution in [0.3, 0.4) is 0 Å². The Balaban J connectivity index is 1.63. The fourth-order valence-electron chi connectivity index (χ4n) is 3.82. The molecule has 2 unspecified atom stereocenters. The molecule has 1 saturated carbocycles. The molecule has 0 bridgehead atoms. The van der Waals surface area contributed by atoms with Gasteiger partial charge in [-0.2, -0.15) is 0 Å². The van der Waals surface area contributed by atoms with Gasteiger partial charge in [-0.05, 0) is 50.6 Å². The van der Waals surface area contributed by atoms with E-state index in [1.54, 1.807) is 0 Å². The van der Waals surface area contributed by atoms with E-state index in [0.29, 0.717) is 5.92 Å². The number of benzene rings is 1. The van der Waals surface area contributed by atoms with Crippen LogP contribution in [0.5, 0.6) is 0 Å². The highest BCUT2D eigenvalue weighted by atomic mass is 16.3. The SMILES string of the molecule is CC(O)C1(C2CCCN(Cc3ccccc3)C2)CC1. The van der Waals surface area contributed by atoms with Crippen LogP contribution in [0.1, 0.15) is 38.2 Å². The number of nitrogens with zero attached hydrogens (tertiary/aromatic N) is 1. The first kappa shape index (κ1) is 13.1. The predicted molar refractivity (Wildman–Crippen MR) is 77.8 cm³/mol. The third kappa shape index (κ3) is 2.70. The standard InChI is InChI=1S/C17H25NO/c1-14(19)17(9-10-17)16-8-5-11-18(13-16)12-15-6-3-2-4-7-15/h2-4,6-7,14,16,19H,5,8-13H2,1H3. The smallest absolute Gasteiger partial charge is 0.0571 e. The van der Waals surface area contributed by atoms with Gasteiger partial charge < -0.3 is 5.11 Å². The molecule has 1 N–H and O–H groups in total. The zero-order valence-corrected chi connectivity index (χ0v) is 11.9. The van der Waals surface area contributed by atoms with E-state index in [4.69, 9.17) is 0 Å². The average Bonchev–Trinajstić information content (AvgIpc) is 3.22. The molecule has 2 atom stereocenters. The first-order valence-corrected chi connectivity index (χ1v) is 7.65. The summed E-state index contributed by atoms with van der Waals surface area (Å²) in [6, 6.07) is 10.7. The van der Waals surface area contributed by atoms with Gasteiger partial charge in [0.2, 0.25) is 0 Å². The van der Waals surface area contributed by atoms with Gasteiger partial charge in [0.15, 0.2) is 0 Å². The van der Waals surface area contributed by atoms with Gasteiger partial charge in [-0.3, -0.25) is 4.90 Å². The monoisotopic (exact) mass is 259 g/mol. The van der Waals surface area contributed by atoms with Crippen molar-refractivity contribution in [2.24, 2.45) is 11.3 Å². The van der Waals surface area contributed by atoms with E-state index in [2.05, 4.69) is 35.2 Å². The minimum atomic E-state index is -0.130. The van der Waals surface area contributed by atoms with Gasteiger partial charge in [-0.1, -0.05) is 30.3 Å². The Morgan fingerprint density at radius 1 is 1.32 bits per heavy atom. The Bertz CT molecular complexity index is 411. The van der Waals surface area contributed by atoms with E-state index in [-0.39, 0.29) is 11.5 Å². The third-order valence-electron chi connectivity index (χ3n) is 5.23. The van der Waals surface area contributed by atoms with Crippen LogP contribution in [0, 0.1) is 11.3 Å². The van der Waals surface area contributed by atoms with Gasteiger partial charge >= 0.3 is 0 Å². The Morgan fingerprint density at radius 2 is 2.05 bits per heavy atom. The summed E-state index contributed by atoms with van der Waals surface area (Å²) in [7, 11) is 0. The molecule has 1 saturated heterocycles. The lowest BCUT2D eigenvalue weighted by Gasteiger charge is -2.38. The van der Waals surface area contributed by atoms with Gasteiger partial charge in [0, 0.05) is 18.5 Å².